The molecule has 1 amide bonds. The topological polar surface area (TPSA) is 50.4 Å². The van der Waals surface area contributed by atoms with Crippen LogP contribution < -0.4 is 15.4 Å². The van der Waals surface area contributed by atoms with Crippen LogP contribution in [0.15, 0.2) is 24.3 Å². The van der Waals surface area contributed by atoms with Crippen LogP contribution in [0.25, 0.3) is 0 Å². The molecule has 1 aromatic rings. The van der Waals surface area contributed by atoms with Gasteiger partial charge < -0.3 is 15.4 Å². The molecule has 1 rings (SSSR count). The van der Waals surface area contributed by atoms with Gasteiger partial charge in [-0.2, -0.15) is 0 Å². The van der Waals surface area contributed by atoms with E-state index in [-0.39, 0.29) is 23.7 Å². The first-order valence-corrected chi connectivity index (χ1v) is 7.08. The van der Waals surface area contributed by atoms with Crippen molar-refractivity contribution in [2.24, 2.45) is 0 Å². The van der Waals surface area contributed by atoms with Crippen LogP contribution in [0.4, 0.5) is 0 Å². The molecule has 0 aromatic heterocycles. The third-order valence-corrected chi connectivity index (χ3v) is 3.02. The first-order chi connectivity index (χ1) is 9.43. The highest BCUT2D eigenvalue weighted by Gasteiger charge is 2.12. The van der Waals surface area contributed by atoms with Crippen molar-refractivity contribution >= 4 is 18.3 Å². The molecule has 0 aliphatic carbocycles. The molecule has 0 bridgehead atoms. The number of carbonyl (C=O) groups is 1. The number of rotatable bonds is 7. The normalized spacial score (nSPS) is 10.7. The summed E-state index contributed by atoms with van der Waals surface area (Å²) in [5.74, 6) is 0.883. The van der Waals surface area contributed by atoms with Crippen LogP contribution in [0.2, 0.25) is 0 Å². The molecule has 0 unspecified atom stereocenters. The van der Waals surface area contributed by atoms with Gasteiger partial charge in [0.15, 0.2) is 0 Å². The van der Waals surface area contributed by atoms with Gasteiger partial charge in [-0.05, 0) is 30.2 Å². The maximum atomic E-state index is 11.4. The number of hydrogen-bond donors (Lipinski definition) is 2. The van der Waals surface area contributed by atoms with E-state index < -0.39 is 0 Å². The molecule has 0 heterocycles. The number of benzene rings is 1. The molecule has 0 radical (unpaired) electrons. The summed E-state index contributed by atoms with van der Waals surface area (Å²) in [6, 6.07) is 8.12. The zero-order valence-electron chi connectivity index (χ0n) is 13.4. The van der Waals surface area contributed by atoms with E-state index in [0.717, 1.165) is 5.75 Å². The van der Waals surface area contributed by atoms with E-state index in [2.05, 4.69) is 43.5 Å². The zero-order chi connectivity index (χ0) is 15.0. The fourth-order valence-corrected chi connectivity index (χ4v) is 1.74. The van der Waals surface area contributed by atoms with Gasteiger partial charge in [0.05, 0.1) is 6.54 Å². The van der Waals surface area contributed by atoms with Crippen molar-refractivity contribution in [2.45, 2.75) is 32.6 Å². The average Bonchev–Trinajstić information content (AvgIpc) is 2.41. The SMILES string of the molecule is CNCCC(=O)NCCOc1ccc(C(C)(C)C)cc1.Cl. The third kappa shape index (κ3) is 7.93. The highest BCUT2D eigenvalue weighted by molar-refractivity contribution is 5.85. The van der Waals surface area contributed by atoms with Crippen molar-refractivity contribution < 1.29 is 9.53 Å². The molecule has 0 aliphatic heterocycles. The summed E-state index contributed by atoms with van der Waals surface area (Å²) in [5.41, 5.74) is 1.44. The van der Waals surface area contributed by atoms with Crippen molar-refractivity contribution in [3.63, 3.8) is 0 Å². The van der Waals surface area contributed by atoms with Crippen molar-refractivity contribution in [1.82, 2.24) is 10.6 Å². The summed E-state index contributed by atoms with van der Waals surface area (Å²) in [6.07, 6.45) is 0.497. The monoisotopic (exact) mass is 314 g/mol. The van der Waals surface area contributed by atoms with Gasteiger partial charge in [-0.3, -0.25) is 4.79 Å². The molecule has 0 fully saturated rings. The highest BCUT2D eigenvalue weighted by Crippen LogP contribution is 2.24. The molecule has 1 aromatic carbocycles. The Kier molecular flexibility index (Phi) is 9.06. The summed E-state index contributed by atoms with van der Waals surface area (Å²) in [6.45, 7) is 8.27. The smallest absolute Gasteiger partial charge is 0.221 e. The Morgan fingerprint density at radius 1 is 1.14 bits per heavy atom. The second-order valence-electron chi connectivity index (χ2n) is 5.83. The maximum Gasteiger partial charge on any atom is 0.221 e. The van der Waals surface area contributed by atoms with Crippen LogP contribution in [0, 0.1) is 0 Å². The standard InChI is InChI=1S/C16H26N2O2.ClH/c1-16(2,3)13-5-7-14(8-6-13)20-12-11-18-15(19)9-10-17-4;/h5-8,17H,9-12H2,1-4H3,(H,18,19);1H. The first kappa shape index (κ1) is 19.7. The minimum Gasteiger partial charge on any atom is -0.492 e. The molecule has 0 spiro atoms. The van der Waals surface area contributed by atoms with Gasteiger partial charge in [0, 0.05) is 13.0 Å². The Hall–Kier alpha value is -1.26. The largest absolute Gasteiger partial charge is 0.492 e. The second-order valence-corrected chi connectivity index (χ2v) is 5.83. The number of amides is 1. The molecular formula is C16H27ClN2O2. The van der Waals surface area contributed by atoms with E-state index >= 15 is 0 Å². The Bertz CT molecular complexity index is 413. The minimum atomic E-state index is 0. The highest BCUT2D eigenvalue weighted by atomic mass is 35.5. The average molecular weight is 315 g/mol. The number of ether oxygens (including phenoxy) is 1. The van der Waals surface area contributed by atoms with Crippen molar-refractivity contribution in [3.05, 3.63) is 29.8 Å². The van der Waals surface area contributed by atoms with Crippen molar-refractivity contribution in [2.75, 3.05) is 26.7 Å². The fourth-order valence-electron chi connectivity index (χ4n) is 1.74. The number of nitrogens with one attached hydrogen (secondary N) is 2. The molecule has 120 valence electrons. The number of carbonyl (C=O) groups excluding carboxylic acids is 1. The summed E-state index contributed by atoms with van der Waals surface area (Å²) in [7, 11) is 1.83. The third-order valence-electron chi connectivity index (χ3n) is 3.02. The van der Waals surface area contributed by atoms with Gasteiger partial charge >= 0.3 is 0 Å². The van der Waals surface area contributed by atoms with E-state index in [4.69, 9.17) is 4.74 Å². The molecule has 21 heavy (non-hydrogen) atoms. The summed E-state index contributed by atoms with van der Waals surface area (Å²) in [5, 5.41) is 5.76. The van der Waals surface area contributed by atoms with Crippen LogP contribution >= 0.6 is 12.4 Å². The van der Waals surface area contributed by atoms with Gasteiger partial charge in [0.25, 0.3) is 0 Å². The van der Waals surface area contributed by atoms with Gasteiger partial charge in [-0.15, -0.1) is 12.4 Å². The molecule has 2 N–H and O–H groups in total. The summed E-state index contributed by atoms with van der Waals surface area (Å²) in [4.78, 5) is 11.4. The van der Waals surface area contributed by atoms with E-state index in [1.54, 1.807) is 0 Å². The van der Waals surface area contributed by atoms with E-state index in [1.807, 2.05) is 19.2 Å². The van der Waals surface area contributed by atoms with E-state index in [1.165, 1.54) is 5.56 Å². The lowest BCUT2D eigenvalue weighted by atomic mass is 9.87. The molecule has 4 nitrogen and oxygen atoms in total. The molecule has 0 saturated heterocycles. The summed E-state index contributed by atoms with van der Waals surface area (Å²) >= 11 is 0. The van der Waals surface area contributed by atoms with Crippen LogP contribution in [0.1, 0.15) is 32.8 Å². The van der Waals surface area contributed by atoms with Crippen LogP contribution in [0.5, 0.6) is 5.75 Å². The van der Waals surface area contributed by atoms with E-state index in [0.29, 0.717) is 26.1 Å². The number of halogens is 1. The Balaban J connectivity index is 0.00000400. The maximum absolute atomic E-state index is 11.4. The minimum absolute atomic E-state index is 0. The Labute approximate surface area is 134 Å². The van der Waals surface area contributed by atoms with Gasteiger partial charge in [-0.25, -0.2) is 0 Å². The fraction of sp³-hybridized carbons (Fsp3) is 0.562. The van der Waals surface area contributed by atoms with Crippen molar-refractivity contribution in [3.8, 4) is 5.75 Å². The predicted octanol–water partition coefficient (Wildman–Crippen LogP) is 2.51. The first-order valence-electron chi connectivity index (χ1n) is 7.08. The van der Waals surface area contributed by atoms with Crippen LogP contribution in [-0.2, 0) is 10.2 Å². The lowest BCUT2D eigenvalue weighted by molar-refractivity contribution is -0.121. The molecule has 5 heteroatoms. The molecule has 0 atom stereocenters. The van der Waals surface area contributed by atoms with Gasteiger partial charge in [0.1, 0.15) is 12.4 Å². The Morgan fingerprint density at radius 2 is 1.76 bits per heavy atom. The molecule has 0 saturated carbocycles. The summed E-state index contributed by atoms with van der Waals surface area (Å²) < 4.78 is 5.60. The Morgan fingerprint density at radius 3 is 2.29 bits per heavy atom. The van der Waals surface area contributed by atoms with Crippen molar-refractivity contribution in [1.29, 1.82) is 0 Å². The van der Waals surface area contributed by atoms with Crippen LogP contribution in [-0.4, -0.2) is 32.7 Å². The van der Waals surface area contributed by atoms with Crippen LogP contribution in [0.3, 0.4) is 0 Å². The molecule has 0 aliphatic rings. The quantitative estimate of drug-likeness (QED) is 0.760. The molecular weight excluding hydrogens is 288 g/mol. The zero-order valence-corrected chi connectivity index (χ0v) is 14.2. The number of hydrogen-bond acceptors (Lipinski definition) is 3. The lowest BCUT2D eigenvalue weighted by Gasteiger charge is -2.19. The van der Waals surface area contributed by atoms with Gasteiger partial charge in [0.2, 0.25) is 5.91 Å². The lowest BCUT2D eigenvalue weighted by Crippen LogP contribution is -2.30. The van der Waals surface area contributed by atoms with Gasteiger partial charge in [-0.1, -0.05) is 32.9 Å². The predicted molar refractivity (Wildman–Crippen MR) is 89.4 cm³/mol. The second kappa shape index (κ2) is 9.64. The van der Waals surface area contributed by atoms with E-state index in [9.17, 15) is 4.79 Å².